The molecule has 0 bridgehead atoms. The Kier molecular flexibility index (Phi) is 7.20. The molecular weight excluding hydrogens is 707 g/mol. The van der Waals surface area contributed by atoms with Crippen LogP contribution >= 0.6 is 0 Å². The van der Waals surface area contributed by atoms with Crippen molar-refractivity contribution in [3.05, 3.63) is 212 Å². The highest BCUT2D eigenvalue weighted by Crippen LogP contribution is 2.45. The van der Waals surface area contributed by atoms with Gasteiger partial charge in [0.2, 0.25) is 0 Å². The summed E-state index contributed by atoms with van der Waals surface area (Å²) in [7, 11) is 0. The third kappa shape index (κ3) is 4.95. The van der Waals surface area contributed by atoms with Crippen molar-refractivity contribution in [1.29, 1.82) is 0 Å². The SMILES string of the molecule is c1ccc(-n2c3ccccc3c3c(N(c4ccc(-c5ccc(-n6c7ccccc7c7ccccc76)cc5)cc4)c4ccc5c(c4)oc4ccccc45)cccc32)cc1. The summed E-state index contributed by atoms with van der Waals surface area (Å²) < 4.78 is 11.2. The van der Waals surface area contributed by atoms with Crippen LogP contribution < -0.4 is 4.90 Å². The summed E-state index contributed by atoms with van der Waals surface area (Å²) in [6.45, 7) is 0. The third-order valence-corrected chi connectivity index (χ3v) is 11.7. The summed E-state index contributed by atoms with van der Waals surface area (Å²) in [6.07, 6.45) is 0. The molecule has 9 aromatic carbocycles. The molecule has 58 heavy (non-hydrogen) atoms. The van der Waals surface area contributed by atoms with Crippen LogP contribution in [0.25, 0.3) is 88.1 Å². The first kappa shape index (κ1) is 32.4. The van der Waals surface area contributed by atoms with E-state index in [1.807, 2.05) is 12.1 Å². The van der Waals surface area contributed by atoms with Crippen molar-refractivity contribution in [1.82, 2.24) is 9.13 Å². The molecule has 0 amide bonds. The standard InChI is InChI=1S/C54H35N3O/c1-2-13-38(14-3-1)57-49-21-10-6-18-46(49)54-50(22-12-23-51(54)57)55(41-33-34-45-44-17-7-11-24-52(44)58-53(45)35-41)39-29-25-36(26-30-39)37-27-31-40(32-28-37)56-47-19-8-4-15-42(47)43-16-5-9-20-48(43)56/h1-35H. The smallest absolute Gasteiger partial charge is 0.137 e. The van der Waals surface area contributed by atoms with Crippen LogP contribution in [0.4, 0.5) is 17.1 Å². The molecule has 0 aliphatic heterocycles. The second kappa shape index (κ2) is 12.9. The van der Waals surface area contributed by atoms with Crippen LogP contribution in [0.3, 0.4) is 0 Å². The second-order valence-corrected chi connectivity index (χ2v) is 14.9. The van der Waals surface area contributed by atoms with Crippen molar-refractivity contribution >= 4 is 82.6 Å². The molecule has 12 rings (SSSR count). The average Bonchev–Trinajstić information content (AvgIpc) is 3.95. The minimum absolute atomic E-state index is 0.863. The van der Waals surface area contributed by atoms with E-state index in [9.17, 15) is 0 Å². The van der Waals surface area contributed by atoms with E-state index in [1.165, 1.54) is 43.7 Å². The minimum Gasteiger partial charge on any atom is -0.456 e. The number of aromatic nitrogens is 2. The first-order chi connectivity index (χ1) is 28.8. The van der Waals surface area contributed by atoms with Gasteiger partial charge < -0.3 is 18.5 Å². The van der Waals surface area contributed by atoms with E-state index >= 15 is 0 Å². The van der Waals surface area contributed by atoms with Crippen molar-refractivity contribution in [3.8, 4) is 22.5 Å². The largest absolute Gasteiger partial charge is 0.456 e. The fourth-order valence-corrected chi connectivity index (χ4v) is 9.13. The number of para-hydroxylation sites is 5. The van der Waals surface area contributed by atoms with E-state index in [1.54, 1.807) is 0 Å². The van der Waals surface area contributed by atoms with Gasteiger partial charge in [-0.3, -0.25) is 0 Å². The van der Waals surface area contributed by atoms with Gasteiger partial charge in [-0.1, -0.05) is 121 Å². The highest BCUT2D eigenvalue weighted by Gasteiger charge is 2.22. The predicted molar refractivity (Wildman–Crippen MR) is 243 cm³/mol. The number of furan rings is 1. The monoisotopic (exact) mass is 741 g/mol. The van der Waals surface area contributed by atoms with Gasteiger partial charge in [-0.05, 0) is 96.1 Å². The Morgan fingerprint density at radius 1 is 0.328 bits per heavy atom. The topological polar surface area (TPSA) is 26.2 Å². The first-order valence-electron chi connectivity index (χ1n) is 19.8. The van der Waals surface area contributed by atoms with Gasteiger partial charge >= 0.3 is 0 Å². The second-order valence-electron chi connectivity index (χ2n) is 14.9. The van der Waals surface area contributed by atoms with E-state index in [0.717, 1.165) is 61.5 Å². The lowest BCUT2D eigenvalue weighted by atomic mass is 10.0. The molecule has 0 aliphatic rings. The molecule has 4 heteroatoms. The predicted octanol–water partition coefficient (Wildman–Crippen LogP) is 14.9. The molecular formula is C54H35N3O. The number of hydrogen-bond acceptors (Lipinski definition) is 2. The molecule has 0 fully saturated rings. The molecule has 0 aliphatic carbocycles. The number of anilines is 3. The van der Waals surface area contributed by atoms with Crippen molar-refractivity contribution in [2.45, 2.75) is 0 Å². The molecule has 0 spiro atoms. The van der Waals surface area contributed by atoms with Gasteiger partial charge in [0.25, 0.3) is 0 Å². The molecule has 0 saturated heterocycles. The van der Waals surface area contributed by atoms with Gasteiger partial charge in [0.15, 0.2) is 0 Å². The van der Waals surface area contributed by atoms with Gasteiger partial charge in [0.05, 0.1) is 27.8 Å². The van der Waals surface area contributed by atoms with Gasteiger partial charge in [0, 0.05) is 61.1 Å². The highest BCUT2D eigenvalue weighted by molar-refractivity contribution is 6.17. The summed E-state index contributed by atoms with van der Waals surface area (Å²) in [6, 6.07) is 76.1. The van der Waals surface area contributed by atoms with Crippen LogP contribution in [-0.2, 0) is 0 Å². The first-order valence-corrected chi connectivity index (χ1v) is 19.8. The van der Waals surface area contributed by atoms with Crippen LogP contribution in [0.5, 0.6) is 0 Å². The number of hydrogen-bond donors (Lipinski definition) is 0. The molecule has 0 unspecified atom stereocenters. The van der Waals surface area contributed by atoms with Crippen molar-refractivity contribution in [3.63, 3.8) is 0 Å². The van der Waals surface area contributed by atoms with Crippen LogP contribution in [0, 0.1) is 0 Å². The van der Waals surface area contributed by atoms with Gasteiger partial charge in [-0.2, -0.15) is 0 Å². The maximum atomic E-state index is 6.46. The summed E-state index contributed by atoms with van der Waals surface area (Å²) >= 11 is 0. The molecule has 12 aromatic rings. The summed E-state index contributed by atoms with van der Waals surface area (Å²) in [5.74, 6) is 0. The normalized spacial score (nSPS) is 11.8. The van der Waals surface area contributed by atoms with Crippen LogP contribution in [0.15, 0.2) is 217 Å². The number of nitrogens with zero attached hydrogens (tertiary/aromatic N) is 3. The zero-order valence-corrected chi connectivity index (χ0v) is 31.5. The zero-order valence-electron chi connectivity index (χ0n) is 31.5. The Morgan fingerprint density at radius 2 is 0.828 bits per heavy atom. The van der Waals surface area contributed by atoms with Crippen LogP contribution in [-0.4, -0.2) is 9.13 Å². The lowest BCUT2D eigenvalue weighted by Crippen LogP contribution is -2.10. The van der Waals surface area contributed by atoms with Crippen molar-refractivity contribution < 1.29 is 4.42 Å². The Labute approximate surface area is 334 Å². The summed E-state index contributed by atoms with van der Waals surface area (Å²) in [5, 5.41) is 7.15. The summed E-state index contributed by atoms with van der Waals surface area (Å²) in [5.41, 5.74) is 14.3. The summed E-state index contributed by atoms with van der Waals surface area (Å²) in [4.78, 5) is 2.38. The molecule has 0 N–H and O–H groups in total. The fourth-order valence-electron chi connectivity index (χ4n) is 9.13. The lowest BCUT2D eigenvalue weighted by molar-refractivity contribution is 0.669. The van der Waals surface area contributed by atoms with E-state index in [0.29, 0.717) is 0 Å². The number of rotatable bonds is 6. The van der Waals surface area contributed by atoms with Crippen LogP contribution in [0.2, 0.25) is 0 Å². The Bertz CT molecular complexity index is 3440. The minimum atomic E-state index is 0.863. The fraction of sp³-hybridized carbons (Fsp3) is 0. The Balaban J connectivity index is 1.01. The average molecular weight is 742 g/mol. The van der Waals surface area contributed by atoms with Gasteiger partial charge in [-0.25, -0.2) is 0 Å². The molecule has 3 heterocycles. The molecule has 3 aromatic heterocycles. The molecule has 4 nitrogen and oxygen atoms in total. The lowest BCUT2D eigenvalue weighted by Gasteiger charge is -2.27. The van der Waals surface area contributed by atoms with E-state index in [2.05, 4.69) is 214 Å². The van der Waals surface area contributed by atoms with E-state index in [-0.39, 0.29) is 0 Å². The maximum Gasteiger partial charge on any atom is 0.137 e. The molecule has 0 saturated carbocycles. The maximum absolute atomic E-state index is 6.46. The molecule has 272 valence electrons. The van der Waals surface area contributed by atoms with E-state index in [4.69, 9.17) is 4.42 Å². The number of fused-ring (bicyclic) bond motifs is 9. The van der Waals surface area contributed by atoms with Gasteiger partial charge in [0.1, 0.15) is 11.2 Å². The zero-order chi connectivity index (χ0) is 38.2. The van der Waals surface area contributed by atoms with Crippen LogP contribution in [0.1, 0.15) is 0 Å². The quantitative estimate of drug-likeness (QED) is 0.170. The molecule has 0 radical (unpaired) electrons. The van der Waals surface area contributed by atoms with Crippen molar-refractivity contribution in [2.24, 2.45) is 0 Å². The Morgan fingerprint density at radius 3 is 1.53 bits per heavy atom. The highest BCUT2D eigenvalue weighted by atomic mass is 16.3. The Hall–Kier alpha value is -7.82. The van der Waals surface area contributed by atoms with E-state index < -0.39 is 0 Å². The van der Waals surface area contributed by atoms with Gasteiger partial charge in [-0.15, -0.1) is 0 Å². The third-order valence-electron chi connectivity index (χ3n) is 11.7. The number of benzene rings is 9. The molecule has 0 atom stereocenters. The van der Waals surface area contributed by atoms with Crippen molar-refractivity contribution in [2.75, 3.05) is 4.90 Å².